The Balaban J connectivity index is 2.05. The molecule has 0 heterocycles. The average molecular weight is 415 g/mol. The maximum atomic E-state index is 12.7. The summed E-state index contributed by atoms with van der Waals surface area (Å²) >= 11 is 0. The molecule has 1 N–H and O–H groups in total. The number of nitrogens with zero attached hydrogens (tertiary/aromatic N) is 1. The number of hydrogen-bond donors (Lipinski definition) is 1. The normalized spacial score (nSPS) is 12.2. The van der Waals surface area contributed by atoms with Crippen molar-refractivity contribution in [2.45, 2.75) is 24.8 Å². The van der Waals surface area contributed by atoms with Crippen molar-refractivity contribution in [1.82, 2.24) is 4.31 Å². The van der Waals surface area contributed by atoms with E-state index < -0.39 is 16.1 Å². The first-order chi connectivity index (χ1) is 13.8. The molecular formula is C22H26N2O4S. The smallest absolute Gasteiger partial charge is 0.265 e. The Bertz CT molecular complexity index is 941. The highest BCUT2D eigenvalue weighted by Crippen LogP contribution is 2.19. The third kappa shape index (κ3) is 6.04. The maximum Gasteiger partial charge on any atom is 0.265 e. The second-order valence-electron chi connectivity index (χ2n) is 6.49. The van der Waals surface area contributed by atoms with Gasteiger partial charge in [-0.3, -0.25) is 4.79 Å². The van der Waals surface area contributed by atoms with E-state index in [-0.39, 0.29) is 23.9 Å². The van der Waals surface area contributed by atoms with E-state index in [2.05, 4.69) is 18.5 Å². The fourth-order valence-corrected chi connectivity index (χ4v) is 3.92. The molecule has 0 saturated heterocycles. The largest absolute Gasteiger partial charge is 0.481 e. The molecular weight excluding hydrogens is 388 g/mol. The number of carbonyl (C=O) groups excluding carboxylic acids is 1. The zero-order chi connectivity index (χ0) is 21.4. The van der Waals surface area contributed by atoms with Gasteiger partial charge in [0.2, 0.25) is 10.0 Å². The molecule has 0 radical (unpaired) electrons. The van der Waals surface area contributed by atoms with Gasteiger partial charge in [0.1, 0.15) is 5.75 Å². The van der Waals surface area contributed by atoms with Crippen molar-refractivity contribution in [3.63, 3.8) is 0 Å². The lowest BCUT2D eigenvalue weighted by atomic mass is 10.2. The maximum absolute atomic E-state index is 12.7. The monoisotopic (exact) mass is 414 g/mol. The molecule has 6 nitrogen and oxygen atoms in total. The summed E-state index contributed by atoms with van der Waals surface area (Å²) in [6.07, 6.45) is 2.33. The quantitative estimate of drug-likeness (QED) is 0.601. The van der Waals surface area contributed by atoms with Crippen molar-refractivity contribution in [2.24, 2.45) is 0 Å². The lowest BCUT2D eigenvalue weighted by Gasteiger charge is -2.19. The Morgan fingerprint density at radius 2 is 1.62 bits per heavy atom. The summed E-state index contributed by atoms with van der Waals surface area (Å²) in [4.78, 5) is 12.5. The third-order valence-corrected chi connectivity index (χ3v) is 5.97. The van der Waals surface area contributed by atoms with Gasteiger partial charge in [-0.2, -0.15) is 4.31 Å². The minimum Gasteiger partial charge on any atom is -0.481 e. The highest BCUT2D eigenvalue weighted by atomic mass is 32.2. The summed E-state index contributed by atoms with van der Waals surface area (Å²) in [6, 6.07) is 13.4. The molecule has 7 heteroatoms. The van der Waals surface area contributed by atoms with Crippen LogP contribution in [0.15, 0.2) is 78.7 Å². The molecule has 0 bridgehead atoms. The van der Waals surface area contributed by atoms with Gasteiger partial charge in [-0.05, 0) is 50.2 Å². The molecule has 0 aliphatic heterocycles. The molecule has 2 aromatic carbocycles. The van der Waals surface area contributed by atoms with Gasteiger partial charge >= 0.3 is 0 Å². The molecule has 1 amide bonds. The van der Waals surface area contributed by atoms with Gasteiger partial charge in [0.15, 0.2) is 6.10 Å². The first kappa shape index (κ1) is 22.4. The molecule has 154 valence electrons. The number of ether oxygens (including phenoxy) is 1. The fourth-order valence-electron chi connectivity index (χ4n) is 2.54. The average Bonchev–Trinajstić information content (AvgIpc) is 2.70. The van der Waals surface area contributed by atoms with Crippen LogP contribution >= 0.6 is 0 Å². The second kappa shape index (κ2) is 10.0. The van der Waals surface area contributed by atoms with E-state index in [1.54, 1.807) is 31.2 Å². The van der Waals surface area contributed by atoms with Crippen LogP contribution in [0.4, 0.5) is 5.69 Å². The molecule has 0 aliphatic carbocycles. The first-order valence-corrected chi connectivity index (χ1v) is 10.6. The Morgan fingerprint density at radius 3 is 2.14 bits per heavy atom. The van der Waals surface area contributed by atoms with E-state index in [9.17, 15) is 13.2 Å². The predicted octanol–water partition coefficient (Wildman–Crippen LogP) is 3.76. The van der Waals surface area contributed by atoms with E-state index in [1.807, 2.05) is 19.1 Å². The molecule has 1 atom stereocenters. The van der Waals surface area contributed by atoms with E-state index in [0.29, 0.717) is 11.4 Å². The fraction of sp³-hybridized carbons (Fsp3) is 0.227. The molecule has 0 saturated carbocycles. The van der Waals surface area contributed by atoms with Crippen LogP contribution in [0.3, 0.4) is 0 Å². The molecule has 1 unspecified atom stereocenters. The Labute approximate surface area is 172 Å². The van der Waals surface area contributed by atoms with Crippen LogP contribution in [-0.2, 0) is 14.8 Å². The van der Waals surface area contributed by atoms with Crippen LogP contribution in [0.5, 0.6) is 5.75 Å². The first-order valence-electron chi connectivity index (χ1n) is 9.14. The highest BCUT2D eigenvalue weighted by molar-refractivity contribution is 7.89. The lowest BCUT2D eigenvalue weighted by molar-refractivity contribution is -0.122. The van der Waals surface area contributed by atoms with Gasteiger partial charge in [-0.1, -0.05) is 29.8 Å². The minimum atomic E-state index is -3.68. The minimum absolute atomic E-state index is 0.128. The number of carbonyl (C=O) groups is 1. The Morgan fingerprint density at radius 1 is 1.07 bits per heavy atom. The molecule has 0 aromatic heterocycles. The summed E-state index contributed by atoms with van der Waals surface area (Å²) in [5.41, 5.74) is 1.58. The van der Waals surface area contributed by atoms with Crippen LogP contribution in [0.1, 0.15) is 12.5 Å². The topological polar surface area (TPSA) is 75.7 Å². The zero-order valence-electron chi connectivity index (χ0n) is 16.7. The predicted molar refractivity (Wildman–Crippen MR) is 115 cm³/mol. The van der Waals surface area contributed by atoms with Gasteiger partial charge < -0.3 is 10.1 Å². The summed E-state index contributed by atoms with van der Waals surface area (Å²) in [5, 5.41) is 2.73. The molecule has 2 rings (SSSR count). The second-order valence-corrected chi connectivity index (χ2v) is 8.42. The van der Waals surface area contributed by atoms with E-state index in [0.717, 1.165) is 5.56 Å². The van der Waals surface area contributed by atoms with Gasteiger partial charge in [0.05, 0.1) is 4.90 Å². The van der Waals surface area contributed by atoms with Gasteiger partial charge in [-0.25, -0.2) is 8.42 Å². The van der Waals surface area contributed by atoms with Crippen molar-refractivity contribution in [3.05, 3.63) is 79.4 Å². The Kier molecular flexibility index (Phi) is 7.75. The van der Waals surface area contributed by atoms with Crippen LogP contribution in [0.2, 0.25) is 0 Å². The Hall–Kier alpha value is -2.90. The van der Waals surface area contributed by atoms with Crippen LogP contribution in [0, 0.1) is 6.92 Å². The number of anilines is 1. The molecule has 0 aliphatic rings. The number of amides is 1. The SMILES string of the molecule is C=CCN(CC=C)S(=O)(=O)c1ccc(NC(=O)C(C)Oc2ccc(C)cc2)cc1. The molecule has 0 spiro atoms. The van der Waals surface area contributed by atoms with Crippen molar-refractivity contribution in [3.8, 4) is 5.75 Å². The van der Waals surface area contributed by atoms with E-state index in [1.165, 1.54) is 28.6 Å². The van der Waals surface area contributed by atoms with Crippen molar-refractivity contribution >= 4 is 21.6 Å². The summed E-state index contributed by atoms with van der Waals surface area (Å²) in [5.74, 6) is 0.269. The van der Waals surface area contributed by atoms with Crippen LogP contribution in [-0.4, -0.2) is 37.8 Å². The number of sulfonamides is 1. The number of nitrogens with one attached hydrogen (secondary N) is 1. The van der Waals surface area contributed by atoms with Gasteiger partial charge in [-0.15, -0.1) is 13.2 Å². The van der Waals surface area contributed by atoms with Crippen LogP contribution in [0.25, 0.3) is 0 Å². The third-order valence-electron chi connectivity index (χ3n) is 4.13. The van der Waals surface area contributed by atoms with Gasteiger partial charge in [0, 0.05) is 18.8 Å². The standard InChI is InChI=1S/C22H26N2O4S/c1-5-15-24(16-6-2)29(26,27)21-13-9-19(10-14-21)23-22(25)18(4)28-20-11-7-17(3)8-12-20/h5-14,18H,1-2,15-16H2,3-4H3,(H,23,25). The summed E-state index contributed by atoms with van der Waals surface area (Å²) < 4.78 is 32.3. The van der Waals surface area contributed by atoms with E-state index >= 15 is 0 Å². The van der Waals surface area contributed by atoms with Crippen LogP contribution < -0.4 is 10.1 Å². The zero-order valence-corrected chi connectivity index (χ0v) is 17.5. The lowest BCUT2D eigenvalue weighted by Crippen LogP contribution is -2.31. The molecule has 29 heavy (non-hydrogen) atoms. The highest BCUT2D eigenvalue weighted by Gasteiger charge is 2.22. The molecule has 2 aromatic rings. The van der Waals surface area contributed by atoms with Crippen molar-refractivity contribution < 1.29 is 17.9 Å². The van der Waals surface area contributed by atoms with Crippen molar-refractivity contribution in [2.75, 3.05) is 18.4 Å². The number of benzene rings is 2. The number of rotatable bonds is 10. The van der Waals surface area contributed by atoms with E-state index in [4.69, 9.17) is 4.74 Å². The summed E-state index contributed by atoms with van der Waals surface area (Å²) in [7, 11) is -3.68. The van der Waals surface area contributed by atoms with Crippen molar-refractivity contribution in [1.29, 1.82) is 0 Å². The summed E-state index contributed by atoms with van der Waals surface area (Å²) in [6.45, 7) is 11.2. The number of hydrogen-bond acceptors (Lipinski definition) is 4. The number of aryl methyl sites for hydroxylation is 1. The van der Waals surface area contributed by atoms with Gasteiger partial charge in [0.25, 0.3) is 5.91 Å². The molecule has 0 fully saturated rings.